The van der Waals surface area contributed by atoms with Crippen LogP contribution in [0.5, 0.6) is 0 Å². The second-order valence-electron chi connectivity index (χ2n) is 4.53. The fourth-order valence-corrected chi connectivity index (χ4v) is 2.75. The number of aromatic nitrogens is 1. The van der Waals surface area contributed by atoms with Crippen LogP contribution in [-0.2, 0) is 0 Å². The van der Waals surface area contributed by atoms with Gasteiger partial charge in [0, 0.05) is 19.5 Å². The van der Waals surface area contributed by atoms with Gasteiger partial charge in [0.2, 0.25) is 0 Å². The molecule has 3 nitrogen and oxygen atoms in total. The lowest BCUT2D eigenvalue weighted by molar-refractivity contribution is 0.0699. The summed E-state index contributed by atoms with van der Waals surface area (Å²) >= 11 is 8.06. The van der Waals surface area contributed by atoms with Crippen molar-refractivity contribution in [2.45, 2.75) is 0 Å². The lowest BCUT2D eigenvalue weighted by Crippen LogP contribution is -2.00. The molecule has 104 valence electrons. The summed E-state index contributed by atoms with van der Waals surface area (Å²) in [5.41, 5.74) is 2.38. The second kappa shape index (κ2) is 5.61. The third-order valence-electron chi connectivity index (χ3n) is 3.14. The van der Waals surface area contributed by atoms with Crippen LogP contribution in [-0.4, -0.2) is 16.1 Å². The molecule has 0 saturated carbocycles. The molecule has 0 radical (unpaired) electrons. The Hall–Kier alpha value is -1.66. The average Bonchev–Trinajstić information content (AvgIpc) is 2.46. The number of benzene rings is 2. The van der Waals surface area contributed by atoms with Crippen LogP contribution in [0.15, 0.2) is 48.5 Å². The summed E-state index contributed by atoms with van der Waals surface area (Å²) in [5, 5.41) is 10.7. The number of hydrogen-bond donors (Lipinski definition) is 1. The topological polar surface area (TPSA) is 50.2 Å². The first-order valence-electron chi connectivity index (χ1n) is 6.14. The van der Waals surface area contributed by atoms with Crippen molar-refractivity contribution >= 4 is 51.1 Å². The molecule has 0 fully saturated rings. The van der Waals surface area contributed by atoms with Gasteiger partial charge in [-0.3, -0.25) is 0 Å². The maximum atomic E-state index is 11.5. The van der Waals surface area contributed by atoms with E-state index in [9.17, 15) is 9.90 Å². The average molecular weight is 410 g/mol. The first-order chi connectivity index (χ1) is 10.0. The zero-order chi connectivity index (χ0) is 15.0. The Kier molecular flexibility index (Phi) is 3.82. The summed E-state index contributed by atoms with van der Waals surface area (Å²) in [6.45, 7) is 0. The molecule has 0 aliphatic rings. The Morgan fingerprint density at radius 2 is 1.81 bits per heavy atom. The molecular weight excluding hydrogens is 401 g/mol. The van der Waals surface area contributed by atoms with Gasteiger partial charge in [-0.1, -0.05) is 29.8 Å². The van der Waals surface area contributed by atoms with Crippen molar-refractivity contribution in [3.05, 3.63) is 62.7 Å². The van der Waals surface area contributed by atoms with E-state index in [1.807, 2.05) is 24.3 Å². The van der Waals surface area contributed by atoms with Crippen LogP contribution in [0, 0.1) is 3.57 Å². The highest BCUT2D eigenvalue weighted by atomic mass is 127. The van der Waals surface area contributed by atoms with Crippen molar-refractivity contribution in [2.75, 3.05) is 0 Å². The van der Waals surface area contributed by atoms with E-state index in [4.69, 9.17) is 11.6 Å². The van der Waals surface area contributed by atoms with Crippen molar-refractivity contribution in [1.82, 2.24) is 4.98 Å². The van der Waals surface area contributed by atoms with Gasteiger partial charge in [-0.25, -0.2) is 9.78 Å². The second-order valence-corrected chi connectivity index (χ2v) is 6.21. The Bertz CT molecular complexity index is 847. The highest BCUT2D eigenvalue weighted by Gasteiger charge is 2.13. The summed E-state index contributed by atoms with van der Waals surface area (Å²) < 4.78 is 1.01. The quantitative estimate of drug-likeness (QED) is 0.615. The minimum atomic E-state index is -0.959. The molecule has 3 aromatic rings. The maximum Gasteiger partial charge on any atom is 0.336 e. The smallest absolute Gasteiger partial charge is 0.336 e. The highest BCUT2D eigenvalue weighted by molar-refractivity contribution is 14.1. The molecule has 21 heavy (non-hydrogen) atoms. The van der Waals surface area contributed by atoms with E-state index in [2.05, 4.69) is 27.6 Å². The number of carboxylic acid groups (broad SMARTS) is 1. The van der Waals surface area contributed by atoms with Crippen LogP contribution in [0.4, 0.5) is 0 Å². The standard InChI is InChI=1S/C16H9ClINO2/c17-10-3-1-9(2-4-10)14-8-13(16(20)21)12-6-5-11(18)7-15(12)19-14/h1-8H,(H,20,21). The number of halogens is 2. The fourth-order valence-electron chi connectivity index (χ4n) is 2.15. The Labute approximate surface area is 139 Å². The fraction of sp³-hybridized carbons (Fsp3) is 0. The van der Waals surface area contributed by atoms with E-state index in [0.29, 0.717) is 21.6 Å². The van der Waals surface area contributed by atoms with E-state index in [1.54, 1.807) is 24.3 Å². The van der Waals surface area contributed by atoms with Crippen LogP contribution in [0.3, 0.4) is 0 Å². The van der Waals surface area contributed by atoms with Gasteiger partial charge in [-0.15, -0.1) is 0 Å². The number of rotatable bonds is 2. The van der Waals surface area contributed by atoms with Crippen LogP contribution in [0.25, 0.3) is 22.2 Å². The molecule has 2 aromatic carbocycles. The monoisotopic (exact) mass is 409 g/mol. The van der Waals surface area contributed by atoms with Gasteiger partial charge in [-0.05, 0) is 52.9 Å². The van der Waals surface area contributed by atoms with E-state index in [1.165, 1.54) is 0 Å². The number of hydrogen-bond acceptors (Lipinski definition) is 2. The van der Waals surface area contributed by atoms with Gasteiger partial charge in [0.05, 0.1) is 16.8 Å². The van der Waals surface area contributed by atoms with Crippen molar-refractivity contribution in [2.24, 2.45) is 0 Å². The molecule has 0 saturated heterocycles. The minimum absolute atomic E-state index is 0.251. The van der Waals surface area contributed by atoms with E-state index in [0.717, 1.165) is 9.13 Å². The predicted octanol–water partition coefficient (Wildman–Crippen LogP) is 4.86. The highest BCUT2D eigenvalue weighted by Crippen LogP contribution is 2.27. The first-order valence-corrected chi connectivity index (χ1v) is 7.60. The van der Waals surface area contributed by atoms with Crippen molar-refractivity contribution in [1.29, 1.82) is 0 Å². The molecule has 0 aliphatic carbocycles. The molecule has 1 heterocycles. The van der Waals surface area contributed by atoms with Gasteiger partial charge < -0.3 is 5.11 Å². The molecule has 1 N–H and O–H groups in total. The van der Waals surface area contributed by atoms with Crippen molar-refractivity contribution in [3.63, 3.8) is 0 Å². The molecule has 3 rings (SSSR count). The Morgan fingerprint density at radius 3 is 2.48 bits per heavy atom. The molecule has 5 heteroatoms. The molecular formula is C16H9ClINO2. The zero-order valence-electron chi connectivity index (χ0n) is 10.7. The third-order valence-corrected chi connectivity index (χ3v) is 4.07. The van der Waals surface area contributed by atoms with Crippen LogP contribution < -0.4 is 0 Å². The van der Waals surface area contributed by atoms with Crippen LogP contribution in [0.1, 0.15) is 10.4 Å². The number of nitrogens with zero attached hydrogens (tertiary/aromatic N) is 1. The molecule has 0 bridgehead atoms. The zero-order valence-corrected chi connectivity index (χ0v) is 13.6. The summed E-state index contributed by atoms with van der Waals surface area (Å²) in [7, 11) is 0. The summed E-state index contributed by atoms with van der Waals surface area (Å²) in [6, 6.07) is 14.3. The van der Waals surface area contributed by atoms with E-state index >= 15 is 0 Å². The largest absolute Gasteiger partial charge is 0.478 e. The molecule has 0 atom stereocenters. The van der Waals surface area contributed by atoms with Crippen LogP contribution >= 0.6 is 34.2 Å². The molecule has 0 spiro atoms. The molecule has 0 aliphatic heterocycles. The Balaban J connectivity index is 2.29. The number of pyridine rings is 1. The lowest BCUT2D eigenvalue weighted by atomic mass is 10.0. The third kappa shape index (κ3) is 2.87. The summed E-state index contributed by atoms with van der Waals surface area (Å²) in [6.07, 6.45) is 0. The minimum Gasteiger partial charge on any atom is -0.478 e. The Morgan fingerprint density at radius 1 is 1.10 bits per heavy atom. The SMILES string of the molecule is O=C(O)c1cc(-c2ccc(Cl)cc2)nc2cc(I)ccc12. The van der Waals surface area contributed by atoms with Gasteiger partial charge in [0.1, 0.15) is 0 Å². The summed E-state index contributed by atoms with van der Waals surface area (Å²) in [5.74, 6) is -0.959. The van der Waals surface area contributed by atoms with Crippen molar-refractivity contribution < 1.29 is 9.90 Å². The molecule has 1 aromatic heterocycles. The van der Waals surface area contributed by atoms with Gasteiger partial charge in [-0.2, -0.15) is 0 Å². The van der Waals surface area contributed by atoms with E-state index < -0.39 is 5.97 Å². The summed E-state index contributed by atoms with van der Waals surface area (Å²) in [4.78, 5) is 16.1. The van der Waals surface area contributed by atoms with E-state index in [-0.39, 0.29) is 5.56 Å². The predicted molar refractivity (Wildman–Crippen MR) is 91.9 cm³/mol. The van der Waals surface area contributed by atoms with Gasteiger partial charge in [0.15, 0.2) is 0 Å². The molecule has 0 unspecified atom stereocenters. The normalized spacial score (nSPS) is 10.8. The number of aromatic carboxylic acids is 1. The number of carbonyl (C=O) groups is 1. The lowest BCUT2D eigenvalue weighted by Gasteiger charge is -2.07. The van der Waals surface area contributed by atoms with Gasteiger partial charge in [0.25, 0.3) is 0 Å². The number of carboxylic acids is 1. The van der Waals surface area contributed by atoms with Crippen molar-refractivity contribution in [3.8, 4) is 11.3 Å². The first kappa shape index (κ1) is 14.3. The van der Waals surface area contributed by atoms with Gasteiger partial charge >= 0.3 is 5.97 Å². The number of fused-ring (bicyclic) bond motifs is 1. The molecule has 0 amide bonds. The van der Waals surface area contributed by atoms with Crippen LogP contribution in [0.2, 0.25) is 5.02 Å². The maximum absolute atomic E-state index is 11.5.